The fourth-order valence-electron chi connectivity index (χ4n) is 3.44. The summed E-state index contributed by atoms with van der Waals surface area (Å²) in [4.78, 5) is 19.6. The number of hydrogen-bond donors (Lipinski definition) is 1. The second kappa shape index (κ2) is 9.67. The number of amides is 1. The Bertz CT molecular complexity index is 1360. The van der Waals surface area contributed by atoms with Crippen LogP contribution in [0.3, 0.4) is 0 Å². The monoisotopic (exact) mass is 463 g/mol. The summed E-state index contributed by atoms with van der Waals surface area (Å²) < 4.78 is 22.0. The molecule has 0 saturated carbocycles. The second-order valence-corrected chi connectivity index (χ2v) is 7.80. The van der Waals surface area contributed by atoms with Crippen LogP contribution in [0.2, 0.25) is 5.02 Å². The van der Waals surface area contributed by atoms with Crippen LogP contribution in [0.15, 0.2) is 54.7 Å². The van der Waals surface area contributed by atoms with Crippen molar-refractivity contribution in [3.63, 3.8) is 0 Å². The van der Waals surface area contributed by atoms with Gasteiger partial charge in [0.25, 0.3) is 0 Å². The van der Waals surface area contributed by atoms with Gasteiger partial charge in [0.2, 0.25) is 11.7 Å². The van der Waals surface area contributed by atoms with E-state index >= 15 is 0 Å². The summed E-state index contributed by atoms with van der Waals surface area (Å²) in [5.41, 5.74) is 2.61. The Balaban J connectivity index is 1.59. The number of carbonyl (C=O) groups is 1. The first-order chi connectivity index (χ1) is 15.9. The van der Waals surface area contributed by atoms with E-state index in [1.54, 1.807) is 12.3 Å². The number of benzene rings is 2. The molecule has 4 rings (SSSR count). The normalized spacial score (nSPS) is 10.7. The third kappa shape index (κ3) is 5.27. The Labute approximate surface area is 194 Å². The molecule has 9 heteroatoms. The summed E-state index contributed by atoms with van der Waals surface area (Å²) in [7, 11) is 0. The molecule has 0 aliphatic rings. The summed E-state index contributed by atoms with van der Waals surface area (Å²) >= 11 is 5.98. The van der Waals surface area contributed by atoms with E-state index in [4.69, 9.17) is 16.3 Å². The lowest BCUT2D eigenvalue weighted by molar-refractivity contribution is -0.114. The zero-order valence-corrected chi connectivity index (χ0v) is 18.4. The van der Waals surface area contributed by atoms with Crippen molar-refractivity contribution in [3.05, 3.63) is 82.6 Å². The van der Waals surface area contributed by atoms with Crippen LogP contribution in [0.5, 0.6) is 5.75 Å². The summed E-state index contributed by atoms with van der Waals surface area (Å²) in [6.45, 7) is 2.05. The highest BCUT2D eigenvalue weighted by Gasteiger charge is 2.13. The van der Waals surface area contributed by atoms with Crippen molar-refractivity contribution >= 4 is 34.2 Å². The Morgan fingerprint density at radius 2 is 2.03 bits per heavy atom. The number of nitrogens with zero attached hydrogens (tertiary/aromatic N) is 4. The maximum Gasteiger partial charge on any atom is 0.234 e. The van der Waals surface area contributed by atoms with E-state index < -0.39 is 5.82 Å². The van der Waals surface area contributed by atoms with Crippen LogP contribution in [0.1, 0.15) is 24.0 Å². The number of nitriles is 1. The van der Waals surface area contributed by atoms with E-state index in [0.717, 1.165) is 16.6 Å². The molecule has 0 unspecified atom stereocenters. The standard InChI is InChI=1S/C24H19ClFN5O2/c1-15(32)29-22-7-6-20(11-21(22)26)33-14-19-10-17-13-28-23(12-27)30-24(17)31(19)9-8-16-2-4-18(25)5-3-16/h2-7,10-11,13H,8-9,14H2,1H3,(H,29,32). The summed E-state index contributed by atoms with van der Waals surface area (Å²) in [5.74, 6) is -0.544. The minimum Gasteiger partial charge on any atom is -0.487 e. The van der Waals surface area contributed by atoms with E-state index in [0.29, 0.717) is 29.4 Å². The van der Waals surface area contributed by atoms with Gasteiger partial charge < -0.3 is 14.6 Å². The zero-order chi connectivity index (χ0) is 23.4. The molecule has 2 aromatic heterocycles. The van der Waals surface area contributed by atoms with E-state index in [1.807, 2.05) is 41.0 Å². The number of rotatable bonds is 7. The lowest BCUT2D eigenvalue weighted by atomic mass is 10.1. The second-order valence-electron chi connectivity index (χ2n) is 7.36. The lowest BCUT2D eigenvalue weighted by Crippen LogP contribution is -2.10. The molecule has 0 aliphatic carbocycles. The molecule has 2 heterocycles. The molecule has 0 atom stereocenters. The van der Waals surface area contributed by atoms with Gasteiger partial charge in [0, 0.05) is 36.1 Å². The smallest absolute Gasteiger partial charge is 0.234 e. The van der Waals surface area contributed by atoms with Crippen LogP contribution in [-0.4, -0.2) is 20.4 Å². The summed E-state index contributed by atoms with van der Waals surface area (Å²) in [5, 5.41) is 13.1. The molecular weight excluding hydrogens is 445 g/mol. The molecule has 0 saturated heterocycles. The lowest BCUT2D eigenvalue weighted by Gasteiger charge is -2.12. The van der Waals surface area contributed by atoms with Crippen LogP contribution in [-0.2, 0) is 24.4 Å². The number of carbonyl (C=O) groups excluding carboxylic acids is 1. The first-order valence-electron chi connectivity index (χ1n) is 10.1. The quantitative estimate of drug-likeness (QED) is 0.422. The van der Waals surface area contributed by atoms with Crippen molar-refractivity contribution in [2.45, 2.75) is 26.5 Å². The van der Waals surface area contributed by atoms with Crippen molar-refractivity contribution in [3.8, 4) is 11.8 Å². The fourth-order valence-corrected chi connectivity index (χ4v) is 3.57. The van der Waals surface area contributed by atoms with Gasteiger partial charge in [-0.3, -0.25) is 4.79 Å². The van der Waals surface area contributed by atoms with Gasteiger partial charge in [-0.1, -0.05) is 23.7 Å². The van der Waals surface area contributed by atoms with E-state index in [-0.39, 0.29) is 24.0 Å². The van der Waals surface area contributed by atoms with E-state index in [1.165, 1.54) is 19.1 Å². The van der Waals surface area contributed by atoms with Gasteiger partial charge in [0.1, 0.15) is 29.9 Å². The molecule has 1 N–H and O–H groups in total. The minimum atomic E-state index is -0.587. The van der Waals surface area contributed by atoms with Crippen LogP contribution in [0.4, 0.5) is 10.1 Å². The molecule has 33 heavy (non-hydrogen) atoms. The predicted molar refractivity (Wildman–Crippen MR) is 122 cm³/mol. The molecular formula is C24H19ClFN5O2. The number of anilines is 1. The molecule has 7 nitrogen and oxygen atoms in total. The molecule has 0 spiro atoms. The van der Waals surface area contributed by atoms with Crippen LogP contribution in [0.25, 0.3) is 11.0 Å². The number of aryl methyl sites for hydroxylation is 2. The summed E-state index contributed by atoms with van der Waals surface area (Å²) in [6.07, 6.45) is 2.31. The van der Waals surface area contributed by atoms with Crippen molar-refractivity contribution in [1.82, 2.24) is 14.5 Å². The van der Waals surface area contributed by atoms with Gasteiger partial charge in [-0.15, -0.1) is 0 Å². The van der Waals surface area contributed by atoms with Crippen LogP contribution < -0.4 is 10.1 Å². The van der Waals surface area contributed by atoms with Crippen molar-refractivity contribution < 1.29 is 13.9 Å². The van der Waals surface area contributed by atoms with E-state index in [2.05, 4.69) is 15.3 Å². The Kier molecular flexibility index (Phi) is 6.52. The SMILES string of the molecule is CC(=O)Nc1ccc(OCc2cc3cnc(C#N)nc3n2CCc2ccc(Cl)cc2)cc1F. The first-order valence-corrected chi connectivity index (χ1v) is 10.5. The van der Waals surface area contributed by atoms with Gasteiger partial charge in [-0.05, 0) is 42.3 Å². The predicted octanol–water partition coefficient (Wildman–Crippen LogP) is 4.88. The first kappa shape index (κ1) is 22.2. The van der Waals surface area contributed by atoms with Crippen molar-refractivity contribution in [1.29, 1.82) is 5.26 Å². The third-order valence-corrected chi connectivity index (χ3v) is 5.25. The number of fused-ring (bicyclic) bond motifs is 1. The highest BCUT2D eigenvalue weighted by atomic mass is 35.5. The minimum absolute atomic E-state index is 0.0800. The van der Waals surface area contributed by atoms with Gasteiger partial charge in [0.15, 0.2) is 0 Å². The number of ether oxygens (including phenoxy) is 1. The number of halogens is 2. The maximum atomic E-state index is 14.2. The van der Waals surface area contributed by atoms with Gasteiger partial charge in [0.05, 0.1) is 11.4 Å². The van der Waals surface area contributed by atoms with E-state index in [9.17, 15) is 14.4 Å². The zero-order valence-electron chi connectivity index (χ0n) is 17.7. The average Bonchev–Trinajstić information content (AvgIpc) is 3.15. The van der Waals surface area contributed by atoms with Crippen molar-refractivity contribution in [2.75, 3.05) is 5.32 Å². The molecule has 1 amide bonds. The topological polar surface area (TPSA) is 92.8 Å². The molecule has 2 aromatic carbocycles. The van der Waals surface area contributed by atoms with Gasteiger partial charge in [-0.25, -0.2) is 14.4 Å². The molecule has 4 aromatic rings. The third-order valence-electron chi connectivity index (χ3n) is 5.00. The summed E-state index contributed by atoms with van der Waals surface area (Å²) in [6, 6.07) is 15.7. The van der Waals surface area contributed by atoms with Gasteiger partial charge in [-0.2, -0.15) is 5.26 Å². The largest absolute Gasteiger partial charge is 0.487 e. The maximum absolute atomic E-state index is 14.2. The Morgan fingerprint density at radius 3 is 2.73 bits per heavy atom. The van der Waals surface area contributed by atoms with Crippen LogP contribution >= 0.6 is 11.6 Å². The van der Waals surface area contributed by atoms with Crippen LogP contribution in [0, 0.1) is 17.1 Å². The highest BCUT2D eigenvalue weighted by molar-refractivity contribution is 6.30. The molecule has 0 fully saturated rings. The molecule has 0 bridgehead atoms. The Morgan fingerprint density at radius 1 is 1.24 bits per heavy atom. The molecule has 0 radical (unpaired) electrons. The highest BCUT2D eigenvalue weighted by Crippen LogP contribution is 2.24. The fraction of sp³-hybridized carbons (Fsp3) is 0.167. The average molecular weight is 464 g/mol. The van der Waals surface area contributed by atoms with Crippen molar-refractivity contribution in [2.24, 2.45) is 0 Å². The molecule has 166 valence electrons. The number of nitrogens with one attached hydrogen (secondary N) is 1. The molecule has 0 aliphatic heterocycles. The number of hydrogen-bond acceptors (Lipinski definition) is 5. The van der Waals surface area contributed by atoms with Gasteiger partial charge >= 0.3 is 0 Å². The number of aromatic nitrogens is 3. The Hall–Kier alpha value is -3.96.